The molecule has 1 amide bonds. The lowest BCUT2D eigenvalue weighted by molar-refractivity contribution is -0.244. The van der Waals surface area contributed by atoms with Crippen LogP contribution in [0, 0.1) is 0 Å². The summed E-state index contributed by atoms with van der Waals surface area (Å²) in [5, 5.41) is 31.9. The van der Waals surface area contributed by atoms with Crippen LogP contribution in [0.5, 0.6) is 5.75 Å². The van der Waals surface area contributed by atoms with Gasteiger partial charge in [0.25, 0.3) is 0 Å². The Morgan fingerprint density at radius 3 is 2.70 bits per heavy atom. The van der Waals surface area contributed by atoms with Crippen molar-refractivity contribution in [2.75, 3.05) is 6.61 Å². The van der Waals surface area contributed by atoms with E-state index in [-0.39, 0.29) is 5.91 Å². The first-order valence-corrected chi connectivity index (χ1v) is 7.61. The van der Waals surface area contributed by atoms with E-state index < -0.39 is 37.3 Å². The lowest BCUT2D eigenvalue weighted by Gasteiger charge is -2.42. The molecule has 1 heterocycles. The van der Waals surface area contributed by atoms with Crippen LogP contribution in [0.4, 0.5) is 0 Å². The number of carbonyl (C=O) groups is 1. The fourth-order valence-electron chi connectivity index (χ4n) is 2.54. The summed E-state index contributed by atoms with van der Waals surface area (Å²) in [6.45, 7) is 2.84. The highest BCUT2D eigenvalue weighted by molar-refractivity contribution is 5.73. The monoisotopic (exact) mass is 325 g/mol. The molecular formula is C16H23NO6. The maximum absolute atomic E-state index is 11.3. The van der Waals surface area contributed by atoms with E-state index in [0.29, 0.717) is 5.75 Å². The van der Waals surface area contributed by atoms with Crippen molar-refractivity contribution in [3.8, 4) is 5.75 Å². The number of benzene rings is 1. The van der Waals surface area contributed by atoms with Gasteiger partial charge in [-0.05, 0) is 24.1 Å². The Morgan fingerprint density at radius 1 is 1.35 bits per heavy atom. The summed E-state index contributed by atoms with van der Waals surface area (Å²) in [4.78, 5) is 11.3. The average Bonchev–Trinajstić information content (AvgIpc) is 2.54. The summed E-state index contributed by atoms with van der Waals surface area (Å²) in [5.74, 6) is 0.133. The van der Waals surface area contributed by atoms with E-state index in [0.717, 1.165) is 12.0 Å². The van der Waals surface area contributed by atoms with Crippen molar-refractivity contribution in [1.82, 2.24) is 5.32 Å². The molecule has 0 radical (unpaired) electrons. The van der Waals surface area contributed by atoms with Crippen molar-refractivity contribution in [3.63, 3.8) is 0 Å². The number of aryl methyl sites for hydroxylation is 1. The topological polar surface area (TPSA) is 108 Å². The first-order chi connectivity index (χ1) is 11.0. The number of aliphatic hydroxyl groups is 3. The van der Waals surface area contributed by atoms with Gasteiger partial charge in [-0.3, -0.25) is 4.79 Å². The highest BCUT2D eigenvalue weighted by Gasteiger charge is 2.46. The summed E-state index contributed by atoms with van der Waals surface area (Å²) in [5.41, 5.74) is 1.06. The Bertz CT molecular complexity index is 537. The zero-order chi connectivity index (χ0) is 17.0. The molecule has 23 heavy (non-hydrogen) atoms. The van der Waals surface area contributed by atoms with Gasteiger partial charge in [-0.25, -0.2) is 0 Å². The number of aliphatic hydroxyl groups excluding tert-OH is 3. The third-order valence-corrected chi connectivity index (χ3v) is 3.81. The molecule has 2 rings (SSSR count). The quantitative estimate of drug-likeness (QED) is 0.585. The van der Waals surface area contributed by atoms with Crippen molar-refractivity contribution in [2.45, 2.75) is 50.9 Å². The summed E-state index contributed by atoms with van der Waals surface area (Å²) in [7, 11) is 0. The van der Waals surface area contributed by atoms with E-state index in [1.54, 1.807) is 6.07 Å². The Kier molecular flexibility index (Phi) is 5.95. The van der Waals surface area contributed by atoms with Gasteiger partial charge in [-0.15, -0.1) is 0 Å². The number of hydrogen-bond donors (Lipinski definition) is 4. The van der Waals surface area contributed by atoms with Crippen LogP contribution in [0.25, 0.3) is 0 Å². The van der Waals surface area contributed by atoms with Crippen LogP contribution in [0.2, 0.25) is 0 Å². The highest BCUT2D eigenvalue weighted by Crippen LogP contribution is 2.25. The molecule has 1 saturated heterocycles. The summed E-state index contributed by atoms with van der Waals surface area (Å²) < 4.78 is 11.3. The van der Waals surface area contributed by atoms with Gasteiger partial charge in [0.2, 0.25) is 12.2 Å². The van der Waals surface area contributed by atoms with Crippen LogP contribution in [0.3, 0.4) is 0 Å². The number of amides is 1. The molecule has 0 bridgehead atoms. The second-order valence-electron chi connectivity index (χ2n) is 5.55. The number of hydrogen-bond acceptors (Lipinski definition) is 6. The fraction of sp³-hybridized carbons (Fsp3) is 0.562. The van der Waals surface area contributed by atoms with Gasteiger partial charge in [0, 0.05) is 6.92 Å². The summed E-state index contributed by atoms with van der Waals surface area (Å²) in [6, 6.07) is 6.41. The molecule has 0 aliphatic carbocycles. The van der Waals surface area contributed by atoms with E-state index >= 15 is 0 Å². The minimum Gasteiger partial charge on any atom is -0.463 e. The minimum absolute atomic E-state index is 0.386. The first-order valence-electron chi connectivity index (χ1n) is 7.61. The predicted octanol–water partition coefficient (Wildman–Crippen LogP) is -0.429. The second kappa shape index (κ2) is 7.74. The zero-order valence-electron chi connectivity index (χ0n) is 13.2. The molecule has 4 N–H and O–H groups in total. The molecule has 0 spiro atoms. The van der Waals surface area contributed by atoms with Gasteiger partial charge >= 0.3 is 0 Å². The number of ether oxygens (including phenoxy) is 2. The third-order valence-electron chi connectivity index (χ3n) is 3.81. The van der Waals surface area contributed by atoms with Crippen LogP contribution >= 0.6 is 0 Å². The molecule has 1 aromatic rings. The average molecular weight is 325 g/mol. The van der Waals surface area contributed by atoms with E-state index in [1.807, 2.05) is 25.1 Å². The molecule has 5 atom stereocenters. The molecule has 7 heteroatoms. The summed E-state index contributed by atoms with van der Waals surface area (Å²) >= 11 is 0. The van der Waals surface area contributed by atoms with Gasteiger partial charge in [-0.1, -0.05) is 19.1 Å². The third kappa shape index (κ3) is 4.20. The lowest BCUT2D eigenvalue weighted by atomic mass is 9.97. The van der Waals surface area contributed by atoms with E-state index in [1.165, 1.54) is 6.92 Å². The van der Waals surface area contributed by atoms with Crippen LogP contribution in [0.1, 0.15) is 19.4 Å². The van der Waals surface area contributed by atoms with Crippen molar-refractivity contribution < 1.29 is 29.6 Å². The normalized spacial score (nSPS) is 30.7. The van der Waals surface area contributed by atoms with Crippen molar-refractivity contribution in [2.24, 2.45) is 0 Å². The molecule has 1 fully saturated rings. The van der Waals surface area contributed by atoms with Gasteiger partial charge in [0.05, 0.1) is 6.61 Å². The lowest BCUT2D eigenvalue weighted by Crippen LogP contribution is -2.65. The molecule has 0 saturated carbocycles. The Hall–Kier alpha value is -1.67. The molecule has 0 unspecified atom stereocenters. The minimum atomic E-state index is -1.32. The molecule has 1 aliphatic heterocycles. The zero-order valence-corrected chi connectivity index (χ0v) is 13.2. The number of nitrogens with one attached hydrogen (secondary N) is 1. The Labute approximate surface area is 134 Å². The van der Waals surface area contributed by atoms with E-state index in [2.05, 4.69) is 5.32 Å². The highest BCUT2D eigenvalue weighted by atomic mass is 16.7. The maximum atomic E-state index is 11.3. The largest absolute Gasteiger partial charge is 0.463 e. The molecule has 0 aromatic heterocycles. The van der Waals surface area contributed by atoms with E-state index in [9.17, 15) is 20.1 Å². The van der Waals surface area contributed by atoms with Crippen LogP contribution < -0.4 is 10.1 Å². The Morgan fingerprint density at radius 2 is 2.09 bits per heavy atom. The van der Waals surface area contributed by atoms with Gasteiger partial charge < -0.3 is 30.1 Å². The second-order valence-corrected chi connectivity index (χ2v) is 5.55. The van der Waals surface area contributed by atoms with Gasteiger partial charge in [0.1, 0.15) is 30.1 Å². The SMILES string of the molecule is CCc1cccc(O[C@@H]2O[C@H](CO)[C@H](O)[C@H](O)[C@H]2NC(C)=O)c1. The fourth-order valence-corrected chi connectivity index (χ4v) is 2.54. The van der Waals surface area contributed by atoms with Crippen LogP contribution in [-0.4, -0.2) is 58.5 Å². The number of carbonyl (C=O) groups excluding carboxylic acids is 1. The van der Waals surface area contributed by atoms with E-state index in [4.69, 9.17) is 9.47 Å². The van der Waals surface area contributed by atoms with Crippen molar-refractivity contribution >= 4 is 5.91 Å². The Balaban J connectivity index is 2.21. The molecular weight excluding hydrogens is 302 g/mol. The first kappa shape index (κ1) is 17.7. The van der Waals surface area contributed by atoms with Gasteiger partial charge in [-0.2, -0.15) is 0 Å². The standard InChI is InChI=1S/C16H23NO6/c1-3-10-5-4-6-11(7-10)22-16-13(17-9(2)19)15(21)14(20)12(8-18)23-16/h4-7,12-16,18,20-21H,3,8H2,1-2H3,(H,17,19)/t12-,13-,14+,15-,16-/m1/s1. The summed E-state index contributed by atoms with van der Waals surface area (Å²) in [6.07, 6.45) is -3.82. The number of rotatable bonds is 5. The maximum Gasteiger partial charge on any atom is 0.223 e. The van der Waals surface area contributed by atoms with Crippen molar-refractivity contribution in [3.05, 3.63) is 29.8 Å². The van der Waals surface area contributed by atoms with Gasteiger partial charge in [0.15, 0.2) is 0 Å². The van der Waals surface area contributed by atoms with Crippen LogP contribution in [0.15, 0.2) is 24.3 Å². The smallest absolute Gasteiger partial charge is 0.223 e. The molecule has 128 valence electrons. The van der Waals surface area contributed by atoms with Crippen LogP contribution in [-0.2, 0) is 16.0 Å². The molecule has 1 aromatic carbocycles. The molecule has 7 nitrogen and oxygen atoms in total. The molecule has 1 aliphatic rings. The predicted molar refractivity (Wildman–Crippen MR) is 81.8 cm³/mol. The van der Waals surface area contributed by atoms with Crippen molar-refractivity contribution in [1.29, 1.82) is 0 Å².